The summed E-state index contributed by atoms with van der Waals surface area (Å²) in [7, 11) is 0. The second-order valence-electron chi connectivity index (χ2n) is 3.69. The van der Waals surface area contributed by atoms with E-state index in [0.29, 0.717) is 15.9 Å². The van der Waals surface area contributed by atoms with Crippen LogP contribution in [0.25, 0.3) is 0 Å². The fourth-order valence-corrected chi connectivity index (χ4v) is 1.60. The number of H-pyrrole nitrogens is 1. The van der Waals surface area contributed by atoms with Gasteiger partial charge in [-0.3, -0.25) is 9.89 Å². The molecule has 1 heterocycles. The van der Waals surface area contributed by atoms with Crippen molar-refractivity contribution in [2.75, 3.05) is 11.1 Å². The second kappa shape index (κ2) is 4.77. The number of halogens is 2. The number of rotatable bonds is 2. The van der Waals surface area contributed by atoms with Crippen LogP contribution in [-0.2, 0) is 0 Å². The quantitative estimate of drug-likeness (QED) is 0.796. The highest BCUT2D eigenvalue weighted by atomic mass is 79.9. The third-order valence-corrected chi connectivity index (χ3v) is 3.05. The maximum absolute atomic E-state index is 13.3. The molecule has 94 valence electrons. The number of hydrogen-bond donors (Lipinski definition) is 3. The molecule has 4 N–H and O–H groups in total. The number of benzene rings is 1. The summed E-state index contributed by atoms with van der Waals surface area (Å²) >= 11 is 3.02. The zero-order valence-electron chi connectivity index (χ0n) is 9.42. The highest BCUT2D eigenvalue weighted by Gasteiger charge is 2.13. The SMILES string of the molecule is Cc1[nH]nc(NC(=O)c2ccc(Br)c(F)c2)c1N. The van der Waals surface area contributed by atoms with Crippen molar-refractivity contribution in [3.05, 3.63) is 39.7 Å². The number of aromatic nitrogens is 2. The average Bonchev–Trinajstić information content (AvgIpc) is 2.64. The van der Waals surface area contributed by atoms with Crippen LogP contribution < -0.4 is 11.1 Å². The highest BCUT2D eigenvalue weighted by molar-refractivity contribution is 9.10. The van der Waals surface area contributed by atoms with E-state index in [0.717, 1.165) is 6.07 Å². The van der Waals surface area contributed by atoms with Crippen LogP contribution in [0.1, 0.15) is 16.1 Å². The third kappa shape index (κ3) is 2.35. The molecule has 0 aliphatic rings. The zero-order valence-corrected chi connectivity index (χ0v) is 11.0. The van der Waals surface area contributed by atoms with Crippen molar-refractivity contribution in [1.82, 2.24) is 10.2 Å². The van der Waals surface area contributed by atoms with Crippen molar-refractivity contribution in [3.8, 4) is 0 Å². The summed E-state index contributed by atoms with van der Waals surface area (Å²) < 4.78 is 13.6. The topological polar surface area (TPSA) is 83.8 Å². The fraction of sp³-hybridized carbons (Fsp3) is 0.0909. The van der Waals surface area contributed by atoms with Crippen LogP contribution in [0.4, 0.5) is 15.9 Å². The van der Waals surface area contributed by atoms with Gasteiger partial charge in [-0.1, -0.05) is 0 Å². The molecule has 1 aromatic heterocycles. The summed E-state index contributed by atoms with van der Waals surface area (Å²) in [4.78, 5) is 11.8. The molecule has 18 heavy (non-hydrogen) atoms. The molecule has 5 nitrogen and oxygen atoms in total. The summed E-state index contributed by atoms with van der Waals surface area (Å²) in [6.07, 6.45) is 0. The molecular formula is C11H10BrFN4O. The van der Waals surface area contributed by atoms with Gasteiger partial charge in [-0.2, -0.15) is 5.10 Å². The van der Waals surface area contributed by atoms with Crippen molar-refractivity contribution in [2.45, 2.75) is 6.92 Å². The van der Waals surface area contributed by atoms with E-state index >= 15 is 0 Å². The standard InChI is InChI=1S/C11H10BrFN4O/c1-5-9(14)10(17-16-5)15-11(18)6-2-3-7(12)8(13)4-6/h2-4H,14H2,1H3,(H2,15,16,17,18). The molecular weight excluding hydrogens is 303 g/mol. The fourth-order valence-electron chi connectivity index (χ4n) is 1.35. The third-order valence-electron chi connectivity index (χ3n) is 2.41. The molecule has 0 radical (unpaired) electrons. The first-order valence-corrected chi connectivity index (χ1v) is 5.85. The Hall–Kier alpha value is -1.89. The number of amides is 1. The van der Waals surface area contributed by atoms with Gasteiger partial charge in [-0.05, 0) is 41.1 Å². The Morgan fingerprint density at radius 1 is 1.56 bits per heavy atom. The van der Waals surface area contributed by atoms with E-state index in [4.69, 9.17) is 5.73 Å². The summed E-state index contributed by atoms with van der Waals surface area (Å²) in [5, 5.41) is 8.98. The number of nitrogens with one attached hydrogen (secondary N) is 2. The number of carbonyl (C=O) groups excluding carboxylic acids is 1. The Morgan fingerprint density at radius 3 is 2.83 bits per heavy atom. The lowest BCUT2D eigenvalue weighted by atomic mass is 10.2. The van der Waals surface area contributed by atoms with E-state index in [1.165, 1.54) is 12.1 Å². The van der Waals surface area contributed by atoms with Crippen molar-refractivity contribution < 1.29 is 9.18 Å². The van der Waals surface area contributed by atoms with Gasteiger partial charge in [0.15, 0.2) is 5.82 Å². The lowest BCUT2D eigenvalue weighted by Gasteiger charge is -2.04. The summed E-state index contributed by atoms with van der Waals surface area (Å²) in [5.74, 6) is -0.741. The average molecular weight is 313 g/mol. The number of hydrogen-bond acceptors (Lipinski definition) is 3. The molecule has 0 saturated carbocycles. The van der Waals surface area contributed by atoms with Gasteiger partial charge in [0.2, 0.25) is 0 Å². The zero-order chi connectivity index (χ0) is 13.3. The molecule has 0 spiro atoms. The van der Waals surface area contributed by atoms with E-state index in [1.54, 1.807) is 6.92 Å². The van der Waals surface area contributed by atoms with Gasteiger partial charge in [-0.25, -0.2) is 4.39 Å². The van der Waals surface area contributed by atoms with Crippen LogP contribution in [0, 0.1) is 12.7 Å². The van der Waals surface area contributed by atoms with Gasteiger partial charge in [-0.15, -0.1) is 0 Å². The molecule has 0 unspecified atom stereocenters. The lowest BCUT2D eigenvalue weighted by molar-refractivity contribution is 0.102. The van der Waals surface area contributed by atoms with Gasteiger partial charge in [0.05, 0.1) is 15.9 Å². The van der Waals surface area contributed by atoms with Gasteiger partial charge in [0, 0.05) is 5.56 Å². The number of carbonyl (C=O) groups is 1. The Bertz CT molecular complexity index is 611. The highest BCUT2D eigenvalue weighted by Crippen LogP contribution is 2.20. The molecule has 0 saturated heterocycles. The first kappa shape index (κ1) is 12.6. The monoisotopic (exact) mass is 312 g/mol. The molecule has 0 atom stereocenters. The molecule has 1 amide bonds. The van der Waals surface area contributed by atoms with Crippen molar-refractivity contribution in [2.24, 2.45) is 0 Å². The molecule has 1 aromatic carbocycles. The predicted octanol–water partition coefficient (Wildman–Crippen LogP) is 2.45. The van der Waals surface area contributed by atoms with Crippen LogP contribution in [0.3, 0.4) is 0 Å². The second-order valence-corrected chi connectivity index (χ2v) is 4.55. The lowest BCUT2D eigenvalue weighted by Crippen LogP contribution is -2.13. The maximum Gasteiger partial charge on any atom is 0.257 e. The Kier molecular flexibility index (Phi) is 3.33. The molecule has 0 aliphatic heterocycles. The normalized spacial score (nSPS) is 10.4. The summed E-state index contributed by atoms with van der Waals surface area (Å²) in [5.41, 5.74) is 6.90. The first-order chi connectivity index (χ1) is 8.49. The van der Waals surface area contributed by atoms with Crippen LogP contribution in [0.2, 0.25) is 0 Å². The summed E-state index contributed by atoms with van der Waals surface area (Å²) in [6.45, 7) is 1.73. The summed E-state index contributed by atoms with van der Waals surface area (Å²) in [6, 6.07) is 4.09. The van der Waals surface area contributed by atoms with Crippen LogP contribution in [0.15, 0.2) is 22.7 Å². The van der Waals surface area contributed by atoms with Gasteiger partial charge in [0.25, 0.3) is 5.91 Å². The largest absolute Gasteiger partial charge is 0.394 e. The molecule has 2 aromatic rings. The molecule has 0 bridgehead atoms. The van der Waals surface area contributed by atoms with E-state index in [2.05, 4.69) is 31.4 Å². The minimum atomic E-state index is -0.506. The van der Waals surface area contributed by atoms with Crippen molar-refractivity contribution in [3.63, 3.8) is 0 Å². The number of anilines is 2. The van der Waals surface area contributed by atoms with Gasteiger partial charge < -0.3 is 11.1 Å². The Morgan fingerprint density at radius 2 is 2.28 bits per heavy atom. The van der Waals surface area contributed by atoms with E-state index in [1.807, 2.05) is 0 Å². The van der Waals surface area contributed by atoms with Crippen LogP contribution in [0.5, 0.6) is 0 Å². The van der Waals surface area contributed by atoms with Crippen LogP contribution >= 0.6 is 15.9 Å². The minimum Gasteiger partial charge on any atom is -0.394 e. The molecule has 7 heteroatoms. The number of nitrogens with two attached hydrogens (primary N) is 1. The van der Waals surface area contributed by atoms with E-state index < -0.39 is 11.7 Å². The smallest absolute Gasteiger partial charge is 0.257 e. The number of nitrogen functional groups attached to an aromatic ring is 1. The van der Waals surface area contributed by atoms with Gasteiger partial charge >= 0.3 is 0 Å². The molecule has 0 fully saturated rings. The van der Waals surface area contributed by atoms with E-state index in [9.17, 15) is 9.18 Å². The van der Waals surface area contributed by atoms with Gasteiger partial charge in [0.1, 0.15) is 5.82 Å². The number of aryl methyl sites for hydroxylation is 1. The minimum absolute atomic E-state index is 0.191. The first-order valence-electron chi connectivity index (χ1n) is 5.06. The molecule has 2 rings (SSSR count). The van der Waals surface area contributed by atoms with Crippen molar-refractivity contribution in [1.29, 1.82) is 0 Å². The van der Waals surface area contributed by atoms with Crippen LogP contribution in [-0.4, -0.2) is 16.1 Å². The number of nitrogens with zero attached hydrogens (tertiary/aromatic N) is 1. The maximum atomic E-state index is 13.3. The Labute approximate surface area is 111 Å². The van der Waals surface area contributed by atoms with E-state index in [-0.39, 0.29) is 11.4 Å². The van der Waals surface area contributed by atoms with Crippen molar-refractivity contribution >= 4 is 33.3 Å². The predicted molar refractivity (Wildman–Crippen MR) is 69.8 cm³/mol. The number of aromatic amines is 1. The molecule has 0 aliphatic carbocycles. The Balaban J connectivity index is 2.22.